The molecular formula is C16H15Cl2NO3. The Kier molecular flexibility index (Phi) is 5.29. The standard InChI is InChI=1S/C16H15Cl2NO3/c1-22-11-4-2-3-10(8-11)12-5-9(6-13(17)15(12)18)7-14(19)16(20)21/h2-6,8,14H,7,19H2,1H3,(H,20,21). The molecule has 0 amide bonds. The summed E-state index contributed by atoms with van der Waals surface area (Å²) in [6, 6.07) is 9.81. The van der Waals surface area contributed by atoms with Crippen LogP contribution in [0.2, 0.25) is 10.0 Å². The van der Waals surface area contributed by atoms with E-state index in [0.29, 0.717) is 26.9 Å². The van der Waals surface area contributed by atoms with Crippen molar-refractivity contribution in [2.24, 2.45) is 5.73 Å². The first-order chi connectivity index (χ1) is 10.4. The second-order valence-electron chi connectivity index (χ2n) is 4.82. The molecule has 1 unspecified atom stereocenters. The maximum Gasteiger partial charge on any atom is 0.320 e. The minimum absolute atomic E-state index is 0.170. The molecule has 2 aromatic carbocycles. The second-order valence-corrected chi connectivity index (χ2v) is 5.61. The monoisotopic (exact) mass is 339 g/mol. The molecule has 0 bridgehead atoms. The van der Waals surface area contributed by atoms with E-state index >= 15 is 0 Å². The highest BCUT2D eigenvalue weighted by Gasteiger charge is 2.16. The quantitative estimate of drug-likeness (QED) is 0.872. The number of methoxy groups -OCH3 is 1. The SMILES string of the molecule is COc1cccc(-c2cc(CC(N)C(=O)O)cc(Cl)c2Cl)c1. The molecule has 0 aliphatic heterocycles. The van der Waals surface area contributed by atoms with Gasteiger partial charge in [-0.3, -0.25) is 4.79 Å². The molecule has 0 aliphatic carbocycles. The molecule has 0 saturated carbocycles. The lowest BCUT2D eigenvalue weighted by Crippen LogP contribution is -2.32. The van der Waals surface area contributed by atoms with E-state index in [9.17, 15) is 4.79 Å². The van der Waals surface area contributed by atoms with Gasteiger partial charge in [0.15, 0.2) is 0 Å². The number of carboxylic acids is 1. The molecule has 2 aromatic rings. The largest absolute Gasteiger partial charge is 0.497 e. The Morgan fingerprint density at radius 2 is 2.05 bits per heavy atom. The second kappa shape index (κ2) is 7.01. The van der Waals surface area contributed by atoms with Gasteiger partial charge in [-0.15, -0.1) is 0 Å². The van der Waals surface area contributed by atoms with Crippen molar-refractivity contribution >= 4 is 29.2 Å². The molecule has 6 heteroatoms. The summed E-state index contributed by atoms with van der Waals surface area (Å²) in [5.74, 6) is -0.369. The van der Waals surface area contributed by atoms with Gasteiger partial charge in [-0.2, -0.15) is 0 Å². The molecule has 0 heterocycles. The zero-order chi connectivity index (χ0) is 16.3. The Morgan fingerprint density at radius 3 is 2.68 bits per heavy atom. The summed E-state index contributed by atoms with van der Waals surface area (Å²) in [6.07, 6.45) is 0.170. The summed E-state index contributed by atoms with van der Waals surface area (Å²) in [5, 5.41) is 9.68. The van der Waals surface area contributed by atoms with Gasteiger partial charge in [0.2, 0.25) is 0 Å². The van der Waals surface area contributed by atoms with Crippen molar-refractivity contribution in [3.05, 3.63) is 52.0 Å². The van der Waals surface area contributed by atoms with Gasteiger partial charge >= 0.3 is 5.97 Å². The molecule has 0 fully saturated rings. The van der Waals surface area contributed by atoms with Crippen LogP contribution in [0, 0.1) is 0 Å². The van der Waals surface area contributed by atoms with Crippen LogP contribution in [0.1, 0.15) is 5.56 Å². The van der Waals surface area contributed by atoms with Crippen LogP contribution >= 0.6 is 23.2 Å². The van der Waals surface area contributed by atoms with Crippen molar-refractivity contribution in [2.75, 3.05) is 7.11 Å². The Bertz CT molecular complexity index is 704. The summed E-state index contributed by atoms with van der Waals surface area (Å²) in [7, 11) is 1.58. The minimum Gasteiger partial charge on any atom is -0.497 e. The molecule has 4 nitrogen and oxygen atoms in total. The van der Waals surface area contributed by atoms with Crippen LogP contribution in [0.5, 0.6) is 5.75 Å². The summed E-state index contributed by atoms with van der Waals surface area (Å²) >= 11 is 12.4. The van der Waals surface area contributed by atoms with Gasteiger partial charge in [-0.25, -0.2) is 0 Å². The summed E-state index contributed by atoms with van der Waals surface area (Å²) in [6.45, 7) is 0. The van der Waals surface area contributed by atoms with E-state index < -0.39 is 12.0 Å². The van der Waals surface area contributed by atoms with E-state index in [-0.39, 0.29) is 6.42 Å². The first kappa shape index (κ1) is 16.6. The van der Waals surface area contributed by atoms with Crippen LogP contribution in [0.25, 0.3) is 11.1 Å². The average molecular weight is 340 g/mol. The summed E-state index contributed by atoms with van der Waals surface area (Å²) in [5.41, 5.74) is 7.83. The first-order valence-electron chi connectivity index (χ1n) is 6.53. The lowest BCUT2D eigenvalue weighted by molar-refractivity contribution is -0.138. The van der Waals surface area contributed by atoms with Crippen LogP contribution in [-0.2, 0) is 11.2 Å². The van der Waals surface area contributed by atoms with Crippen LogP contribution in [0.15, 0.2) is 36.4 Å². The molecule has 2 rings (SSSR count). The topological polar surface area (TPSA) is 72.5 Å². The summed E-state index contributed by atoms with van der Waals surface area (Å²) in [4.78, 5) is 10.9. The van der Waals surface area contributed by atoms with Crippen molar-refractivity contribution in [2.45, 2.75) is 12.5 Å². The van der Waals surface area contributed by atoms with Gasteiger partial charge in [0.1, 0.15) is 11.8 Å². The molecule has 1 atom stereocenters. The van der Waals surface area contributed by atoms with Crippen molar-refractivity contribution in [1.82, 2.24) is 0 Å². The van der Waals surface area contributed by atoms with Gasteiger partial charge in [-0.1, -0.05) is 35.3 Å². The molecule has 0 aromatic heterocycles. The van der Waals surface area contributed by atoms with Crippen LogP contribution in [0.3, 0.4) is 0 Å². The van der Waals surface area contributed by atoms with Gasteiger partial charge in [0.25, 0.3) is 0 Å². The number of rotatable bonds is 5. The molecule has 3 N–H and O–H groups in total. The molecular weight excluding hydrogens is 325 g/mol. The number of nitrogens with two attached hydrogens (primary N) is 1. The highest BCUT2D eigenvalue weighted by Crippen LogP contribution is 2.36. The Hall–Kier alpha value is -1.75. The Morgan fingerprint density at radius 1 is 1.32 bits per heavy atom. The number of hydrogen-bond acceptors (Lipinski definition) is 3. The van der Waals surface area contributed by atoms with Crippen molar-refractivity contribution in [3.8, 4) is 16.9 Å². The fourth-order valence-corrected chi connectivity index (χ4v) is 2.57. The van der Waals surface area contributed by atoms with Crippen molar-refractivity contribution in [1.29, 1.82) is 0 Å². The molecule has 0 spiro atoms. The summed E-state index contributed by atoms with van der Waals surface area (Å²) < 4.78 is 5.20. The van der Waals surface area contributed by atoms with E-state index in [1.807, 2.05) is 24.3 Å². The normalized spacial score (nSPS) is 12.0. The van der Waals surface area contributed by atoms with E-state index in [4.69, 9.17) is 38.8 Å². The maximum atomic E-state index is 10.9. The van der Waals surface area contributed by atoms with E-state index in [1.165, 1.54) is 0 Å². The minimum atomic E-state index is -1.06. The van der Waals surface area contributed by atoms with Gasteiger partial charge in [0.05, 0.1) is 17.2 Å². The fourth-order valence-electron chi connectivity index (χ4n) is 2.10. The predicted octanol–water partition coefficient (Wildman–Crippen LogP) is 3.62. The molecule has 0 radical (unpaired) electrons. The Labute approximate surface area is 138 Å². The van der Waals surface area contributed by atoms with Gasteiger partial charge in [-0.05, 0) is 41.8 Å². The third kappa shape index (κ3) is 3.71. The molecule has 0 saturated heterocycles. The number of carboxylic acid groups (broad SMARTS) is 1. The van der Waals surface area contributed by atoms with Crippen LogP contribution in [0.4, 0.5) is 0 Å². The lowest BCUT2D eigenvalue weighted by Gasteiger charge is -2.12. The number of hydrogen-bond donors (Lipinski definition) is 2. The van der Waals surface area contributed by atoms with Crippen molar-refractivity contribution in [3.63, 3.8) is 0 Å². The third-order valence-electron chi connectivity index (χ3n) is 3.24. The van der Waals surface area contributed by atoms with Crippen LogP contribution in [-0.4, -0.2) is 24.2 Å². The zero-order valence-corrected chi connectivity index (χ0v) is 13.4. The molecule has 0 aliphatic rings. The Balaban J connectivity index is 2.46. The number of carbonyl (C=O) groups is 1. The molecule has 116 valence electrons. The third-order valence-corrected chi connectivity index (χ3v) is 4.04. The average Bonchev–Trinajstić information content (AvgIpc) is 2.50. The van der Waals surface area contributed by atoms with Crippen LogP contribution < -0.4 is 10.5 Å². The van der Waals surface area contributed by atoms with Crippen molar-refractivity contribution < 1.29 is 14.6 Å². The molecule has 22 heavy (non-hydrogen) atoms. The van der Waals surface area contributed by atoms with Gasteiger partial charge in [0, 0.05) is 5.56 Å². The van der Waals surface area contributed by atoms with E-state index in [2.05, 4.69) is 0 Å². The van der Waals surface area contributed by atoms with E-state index in [0.717, 1.165) is 5.56 Å². The lowest BCUT2D eigenvalue weighted by atomic mass is 9.99. The smallest absolute Gasteiger partial charge is 0.320 e. The fraction of sp³-hybridized carbons (Fsp3) is 0.188. The predicted molar refractivity (Wildman–Crippen MR) is 87.8 cm³/mol. The highest BCUT2D eigenvalue weighted by molar-refractivity contribution is 6.43. The number of halogens is 2. The van der Waals surface area contributed by atoms with E-state index in [1.54, 1.807) is 19.2 Å². The maximum absolute atomic E-state index is 10.9. The number of benzene rings is 2. The highest BCUT2D eigenvalue weighted by atomic mass is 35.5. The first-order valence-corrected chi connectivity index (χ1v) is 7.28. The number of aliphatic carboxylic acids is 1. The number of ether oxygens (including phenoxy) is 1. The van der Waals surface area contributed by atoms with Gasteiger partial charge < -0.3 is 15.6 Å². The zero-order valence-electron chi connectivity index (χ0n) is 11.8.